The number of hydrogen-bond donors (Lipinski definition) is 2. The maximum absolute atomic E-state index is 5.92. The average molecular weight is 194 g/mol. The van der Waals surface area contributed by atoms with Crippen molar-refractivity contribution in [3.8, 4) is 5.75 Å². The van der Waals surface area contributed by atoms with E-state index in [1.807, 2.05) is 18.2 Å². The van der Waals surface area contributed by atoms with Crippen LogP contribution in [0.5, 0.6) is 5.75 Å². The third-order valence-electron chi connectivity index (χ3n) is 2.28. The molecule has 1 rings (SSSR count). The van der Waals surface area contributed by atoms with Gasteiger partial charge in [0.25, 0.3) is 0 Å². The summed E-state index contributed by atoms with van der Waals surface area (Å²) in [5, 5.41) is 0. The zero-order valence-electron chi connectivity index (χ0n) is 8.62. The van der Waals surface area contributed by atoms with Gasteiger partial charge in [-0.2, -0.15) is 0 Å². The third-order valence-corrected chi connectivity index (χ3v) is 2.28. The maximum Gasteiger partial charge on any atom is 0.142 e. The van der Waals surface area contributed by atoms with Gasteiger partial charge in [-0.05, 0) is 37.4 Å². The van der Waals surface area contributed by atoms with Crippen molar-refractivity contribution in [2.75, 3.05) is 19.4 Å². The summed E-state index contributed by atoms with van der Waals surface area (Å²) >= 11 is 0. The molecule has 0 fully saturated rings. The molecule has 1 aromatic carbocycles. The summed E-state index contributed by atoms with van der Waals surface area (Å²) in [6.45, 7) is 0.740. The van der Waals surface area contributed by atoms with Crippen molar-refractivity contribution in [2.45, 2.75) is 19.3 Å². The Bertz CT molecular complexity index is 287. The molecule has 3 heteroatoms. The molecular weight excluding hydrogens is 176 g/mol. The van der Waals surface area contributed by atoms with Crippen molar-refractivity contribution >= 4 is 5.69 Å². The smallest absolute Gasteiger partial charge is 0.142 e. The highest BCUT2D eigenvalue weighted by Crippen LogP contribution is 2.25. The van der Waals surface area contributed by atoms with E-state index in [0.717, 1.165) is 42.8 Å². The molecule has 0 unspecified atom stereocenters. The molecule has 1 aromatic rings. The van der Waals surface area contributed by atoms with Crippen LogP contribution in [0.3, 0.4) is 0 Å². The SMILES string of the molecule is COc1cccc(CCCCN)c1N. The Morgan fingerprint density at radius 2 is 2.07 bits per heavy atom. The number of ether oxygens (including phenoxy) is 1. The van der Waals surface area contributed by atoms with Crippen LogP contribution in [0, 0.1) is 0 Å². The topological polar surface area (TPSA) is 61.3 Å². The number of hydrogen-bond acceptors (Lipinski definition) is 3. The lowest BCUT2D eigenvalue weighted by molar-refractivity contribution is 0.416. The Balaban J connectivity index is 2.66. The van der Waals surface area contributed by atoms with Crippen LogP contribution >= 0.6 is 0 Å². The molecule has 0 amide bonds. The molecule has 0 radical (unpaired) electrons. The second-order valence-corrected chi connectivity index (χ2v) is 3.28. The molecule has 0 bridgehead atoms. The van der Waals surface area contributed by atoms with Gasteiger partial charge < -0.3 is 16.2 Å². The van der Waals surface area contributed by atoms with Crippen LogP contribution in [0.2, 0.25) is 0 Å². The molecule has 0 heterocycles. The minimum Gasteiger partial charge on any atom is -0.495 e. The van der Waals surface area contributed by atoms with E-state index in [0.29, 0.717) is 0 Å². The van der Waals surface area contributed by atoms with E-state index in [-0.39, 0.29) is 0 Å². The van der Waals surface area contributed by atoms with Crippen molar-refractivity contribution in [1.29, 1.82) is 0 Å². The van der Waals surface area contributed by atoms with Crippen LogP contribution in [0.4, 0.5) is 5.69 Å². The van der Waals surface area contributed by atoms with Crippen LogP contribution < -0.4 is 16.2 Å². The number of aryl methyl sites for hydroxylation is 1. The molecule has 3 nitrogen and oxygen atoms in total. The van der Waals surface area contributed by atoms with Crippen molar-refractivity contribution in [2.24, 2.45) is 5.73 Å². The van der Waals surface area contributed by atoms with Gasteiger partial charge in [-0.15, -0.1) is 0 Å². The van der Waals surface area contributed by atoms with Crippen molar-refractivity contribution in [1.82, 2.24) is 0 Å². The van der Waals surface area contributed by atoms with Crippen molar-refractivity contribution in [3.63, 3.8) is 0 Å². The largest absolute Gasteiger partial charge is 0.495 e. The fourth-order valence-corrected chi connectivity index (χ4v) is 1.45. The molecule has 0 aromatic heterocycles. The lowest BCUT2D eigenvalue weighted by Crippen LogP contribution is -2.01. The summed E-state index contributed by atoms with van der Waals surface area (Å²) in [4.78, 5) is 0. The first-order chi connectivity index (χ1) is 6.79. The van der Waals surface area contributed by atoms with E-state index in [2.05, 4.69) is 0 Å². The van der Waals surface area contributed by atoms with E-state index in [1.165, 1.54) is 0 Å². The highest BCUT2D eigenvalue weighted by molar-refractivity contribution is 5.58. The summed E-state index contributed by atoms with van der Waals surface area (Å²) < 4.78 is 5.14. The van der Waals surface area contributed by atoms with E-state index in [4.69, 9.17) is 16.2 Å². The Labute approximate surface area is 85.0 Å². The molecule has 0 aliphatic heterocycles. The molecule has 0 saturated heterocycles. The molecule has 0 spiro atoms. The lowest BCUT2D eigenvalue weighted by Gasteiger charge is -2.09. The maximum atomic E-state index is 5.92. The van der Waals surface area contributed by atoms with Gasteiger partial charge in [-0.3, -0.25) is 0 Å². The van der Waals surface area contributed by atoms with E-state index in [1.54, 1.807) is 7.11 Å². The third kappa shape index (κ3) is 2.64. The number of para-hydroxylation sites is 1. The second kappa shape index (κ2) is 5.50. The minimum absolute atomic E-state index is 0.740. The van der Waals surface area contributed by atoms with Gasteiger partial charge in [-0.1, -0.05) is 12.1 Å². The molecular formula is C11H18N2O. The summed E-state index contributed by atoms with van der Waals surface area (Å²) in [5.74, 6) is 0.759. The highest BCUT2D eigenvalue weighted by Gasteiger charge is 2.03. The Morgan fingerprint density at radius 1 is 1.29 bits per heavy atom. The molecule has 0 aliphatic carbocycles. The van der Waals surface area contributed by atoms with E-state index in [9.17, 15) is 0 Å². The first-order valence-electron chi connectivity index (χ1n) is 4.91. The van der Waals surface area contributed by atoms with Gasteiger partial charge in [0.15, 0.2) is 0 Å². The second-order valence-electron chi connectivity index (χ2n) is 3.28. The first kappa shape index (κ1) is 10.9. The molecule has 0 aliphatic rings. The fraction of sp³-hybridized carbons (Fsp3) is 0.455. The van der Waals surface area contributed by atoms with Crippen molar-refractivity contribution in [3.05, 3.63) is 23.8 Å². The van der Waals surface area contributed by atoms with Gasteiger partial charge in [0, 0.05) is 0 Å². The Hall–Kier alpha value is -1.22. The van der Waals surface area contributed by atoms with Crippen LogP contribution in [0.15, 0.2) is 18.2 Å². The number of rotatable bonds is 5. The molecule has 14 heavy (non-hydrogen) atoms. The monoisotopic (exact) mass is 194 g/mol. The summed E-state index contributed by atoms with van der Waals surface area (Å²) in [5.41, 5.74) is 13.3. The number of nitrogens with two attached hydrogens (primary N) is 2. The first-order valence-corrected chi connectivity index (χ1v) is 4.91. The zero-order valence-corrected chi connectivity index (χ0v) is 8.62. The predicted molar refractivity (Wildman–Crippen MR) is 59.4 cm³/mol. The Kier molecular flexibility index (Phi) is 4.26. The van der Waals surface area contributed by atoms with Gasteiger partial charge in [0.05, 0.1) is 12.8 Å². The van der Waals surface area contributed by atoms with Gasteiger partial charge in [0.1, 0.15) is 5.75 Å². The van der Waals surface area contributed by atoms with Crippen LogP contribution in [0.1, 0.15) is 18.4 Å². The molecule has 0 saturated carbocycles. The number of benzene rings is 1. The van der Waals surface area contributed by atoms with Crippen LogP contribution in [0.25, 0.3) is 0 Å². The van der Waals surface area contributed by atoms with Gasteiger partial charge >= 0.3 is 0 Å². The van der Waals surface area contributed by atoms with Crippen LogP contribution in [-0.4, -0.2) is 13.7 Å². The standard InChI is InChI=1S/C11H18N2O/c1-14-10-7-4-6-9(11(10)13)5-2-3-8-12/h4,6-7H,2-3,5,8,12-13H2,1H3. The lowest BCUT2D eigenvalue weighted by atomic mass is 10.1. The van der Waals surface area contributed by atoms with Crippen molar-refractivity contribution < 1.29 is 4.74 Å². The average Bonchev–Trinajstić information content (AvgIpc) is 2.21. The summed E-state index contributed by atoms with van der Waals surface area (Å²) in [6, 6.07) is 5.88. The normalized spacial score (nSPS) is 10.1. The number of unbranched alkanes of at least 4 members (excludes halogenated alkanes) is 1. The summed E-state index contributed by atoms with van der Waals surface area (Å²) in [7, 11) is 1.63. The quantitative estimate of drug-likeness (QED) is 0.552. The van der Waals surface area contributed by atoms with Gasteiger partial charge in [0.2, 0.25) is 0 Å². The van der Waals surface area contributed by atoms with Crippen LogP contribution in [-0.2, 0) is 6.42 Å². The predicted octanol–water partition coefficient (Wildman–Crippen LogP) is 1.56. The zero-order chi connectivity index (χ0) is 10.4. The number of anilines is 1. The minimum atomic E-state index is 0.740. The molecule has 4 N–H and O–H groups in total. The summed E-state index contributed by atoms with van der Waals surface area (Å²) in [6.07, 6.45) is 3.09. The number of nitrogen functional groups attached to an aromatic ring is 1. The fourth-order valence-electron chi connectivity index (χ4n) is 1.45. The van der Waals surface area contributed by atoms with Gasteiger partial charge in [-0.25, -0.2) is 0 Å². The van der Waals surface area contributed by atoms with E-state index < -0.39 is 0 Å². The highest BCUT2D eigenvalue weighted by atomic mass is 16.5. The Morgan fingerprint density at radius 3 is 2.71 bits per heavy atom. The molecule has 0 atom stereocenters. The van der Waals surface area contributed by atoms with E-state index >= 15 is 0 Å². The number of methoxy groups -OCH3 is 1. The molecule has 78 valence electrons.